The van der Waals surface area contributed by atoms with Crippen molar-refractivity contribution in [3.8, 4) is 5.69 Å². The molecule has 0 saturated carbocycles. The number of aryl methyl sites for hydroxylation is 1. The average Bonchev–Trinajstić information content (AvgIpc) is 2.78. The van der Waals surface area contributed by atoms with Crippen LogP contribution in [0.15, 0.2) is 30.7 Å². The van der Waals surface area contributed by atoms with Gasteiger partial charge in [0, 0.05) is 38.1 Å². The quantitative estimate of drug-likeness (QED) is 0.852. The van der Waals surface area contributed by atoms with Crippen LogP contribution in [-0.4, -0.2) is 21.6 Å². The topological polar surface area (TPSA) is 42.7 Å². The summed E-state index contributed by atoms with van der Waals surface area (Å²) in [6.07, 6.45) is 7.71. The maximum Gasteiger partial charge on any atom is 0.127 e. The number of anilines is 1. The summed E-state index contributed by atoms with van der Waals surface area (Å²) in [6.45, 7) is 2.16. The lowest BCUT2D eigenvalue weighted by atomic mass is 10.3. The summed E-state index contributed by atoms with van der Waals surface area (Å²) in [6, 6.07) is 4.00. The molecule has 84 valence electrons. The zero-order valence-corrected chi connectivity index (χ0v) is 9.64. The van der Waals surface area contributed by atoms with E-state index in [1.807, 2.05) is 31.6 Å². The SMILES string of the molecule is CCCc1nccn1-c1ccnc(NC)c1. The Balaban J connectivity index is 2.37. The third-order valence-corrected chi connectivity index (χ3v) is 2.47. The van der Waals surface area contributed by atoms with Crippen LogP contribution in [-0.2, 0) is 6.42 Å². The number of hydrogen-bond acceptors (Lipinski definition) is 3. The second-order valence-electron chi connectivity index (χ2n) is 3.61. The molecule has 0 saturated heterocycles. The third-order valence-electron chi connectivity index (χ3n) is 2.47. The van der Waals surface area contributed by atoms with E-state index >= 15 is 0 Å². The normalized spacial score (nSPS) is 10.4. The van der Waals surface area contributed by atoms with Gasteiger partial charge < -0.3 is 9.88 Å². The highest BCUT2D eigenvalue weighted by Crippen LogP contribution is 2.14. The van der Waals surface area contributed by atoms with Gasteiger partial charge in [-0.15, -0.1) is 0 Å². The van der Waals surface area contributed by atoms with Gasteiger partial charge in [-0.3, -0.25) is 0 Å². The second kappa shape index (κ2) is 4.79. The Morgan fingerprint density at radius 2 is 2.19 bits per heavy atom. The molecule has 0 radical (unpaired) electrons. The number of nitrogens with zero attached hydrogens (tertiary/aromatic N) is 3. The van der Waals surface area contributed by atoms with Crippen molar-refractivity contribution in [2.45, 2.75) is 19.8 Å². The summed E-state index contributed by atoms with van der Waals surface area (Å²) < 4.78 is 2.10. The molecule has 0 amide bonds. The minimum Gasteiger partial charge on any atom is -0.373 e. The van der Waals surface area contributed by atoms with E-state index in [9.17, 15) is 0 Å². The van der Waals surface area contributed by atoms with Gasteiger partial charge >= 0.3 is 0 Å². The van der Waals surface area contributed by atoms with E-state index in [4.69, 9.17) is 0 Å². The number of imidazole rings is 1. The molecule has 16 heavy (non-hydrogen) atoms. The molecule has 2 rings (SSSR count). The molecule has 4 heteroatoms. The monoisotopic (exact) mass is 216 g/mol. The van der Waals surface area contributed by atoms with Crippen LogP contribution in [0.25, 0.3) is 5.69 Å². The number of nitrogens with one attached hydrogen (secondary N) is 1. The first-order valence-corrected chi connectivity index (χ1v) is 5.51. The third kappa shape index (κ3) is 2.05. The summed E-state index contributed by atoms with van der Waals surface area (Å²) in [5.74, 6) is 1.96. The first-order valence-electron chi connectivity index (χ1n) is 5.51. The summed E-state index contributed by atoms with van der Waals surface area (Å²) >= 11 is 0. The second-order valence-corrected chi connectivity index (χ2v) is 3.61. The van der Waals surface area contributed by atoms with E-state index in [0.29, 0.717) is 0 Å². The summed E-state index contributed by atoms with van der Waals surface area (Å²) in [5.41, 5.74) is 1.10. The van der Waals surface area contributed by atoms with Crippen molar-refractivity contribution in [2.24, 2.45) is 0 Å². The summed E-state index contributed by atoms with van der Waals surface area (Å²) in [4.78, 5) is 8.56. The molecule has 2 aromatic rings. The zero-order valence-electron chi connectivity index (χ0n) is 9.64. The van der Waals surface area contributed by atoms with E-state index in [2.05, 4.69) is 26.8 Å². The lowest BCUT2D eigenvalue weighted by molar-refractivity contribution is 0.808. The molecule has 0 aliphatic carbocycles. The van der Waals surface area contributed by atoms with Crippen LogP contribution in [0.3, 0.4) is 0 Å². The molecule has 1 N–H and O–H groups in total. The number of aromatic nitrogens is 3. The summed E-state index contributed by atoms with van der Waals surface area (Å²) in [5, 5.41) is 3.04. The van der Waals surface area contributed by atoms with Gasteiger partial charge in [0.2, 0.25) is 0 Å². The van der Waals surface area contributed by atoms with Crippen molar-refractivity contribution >= 4 is 5.82 Å². The van der Waals surface area contributed by atoms with Crippen molar-refractivity contribution in [2.75, 3.05) is 12.4 Å². The van der Waals surface area contributed by atoms with E-state index in [-0.39, 0.29) is 0 Å². The van der Waals surface area contributed by atoms with Gasteiger partial charge in [-0.25, -0.2) is 9.97 Å². The van der Waals surface area contributed by atoms with Gasteiger partial charge in [0.25, 0.3) is 0 Å². The maximum absolute atomic E-state index is 4.36. The molecular formula is C12H16N4. The lowest BCUT2D eigenvalue weighted by Gasteiger charge is -2.08. The average molecular weight is 216 g/mol. The molecular weight excluding hydrogens is 200 g/mol. The smallest absolute Gasteiger partial charge is 0.127 e. The van der Waals surface area contributed by atoms with Crippen molar-refractivity contribution in [3.63, 3.8) is 0 Å². The molecule has 0 aliphatic rings. The number of pyridine rings is 1. The lowest BCUT2D eigenvalue weighted by Crippen LogP contribution is -2.01. The molecule has 0 aliphatic heterocycles. The molecule has 2 aromatic heterocycles. The van der Waals surface area contributed by atoms with Gasteiger partial charge in [0.15, 0.2) is 0 Å². The van der Waals surface area contributed by atoms with Crippen LogP contribution in [0.1, 0.15) is 19.2 Å². The predicted octanol–water partition coefficient (Wildman–Crippen LogP) is 2.26. The number of hydrogen-bond donors (Lipinski definition) is 1. The van der Waals surface area contributed by atoms with Gasteiger partial charge in [0.1, 0.15) is 11.6 Å². The number of rotatable bonds is 4. The highest BCUT2D eigenvalue weighted by molar-refractivity contribution is 5.44. The van der Waals surface area contributed by atoms with Crippen molar-refractivity contribution in [1.29, 1.82) is 0 Å². The van der Waals surface area contributed by atoms with Gasteiger partial charge in [-0.2, -0.15) is 0 Å². The van der Waals surface area contributed by atoms with E-state index < -0.39 is 0 Å². The van der Waals surface area contributed by atoms with Crippen LogP contribution >= 0.6 is 0 Å². The van der Waals surface area contributed by atoms with Crippen molar-refractivity contribution in [3.05, 3.63) is 36.5 Å². The van der Waals surface area contributed by atoms with Crippen molar-refractivity contribution < 1.29 is 0 Å². The molecule has 0 fully saturated rings. The first kappa shape index (κ1) is 10.7. The Morgan fingerprint density at radius 1 is 1.31 bits per heavy atom. The Kier molecular flexibility index (Phi) is 3.19. The predicted molar refractivity (Wildman–Crippen MR) is 64.9 cm³/mol. The highest BCUT2D eigenvalue weighted by atomic mass is 15.1. The minimum atomic E-state index is 0.869. The summed E-state index contributed by atoms with van der Waals surface area (Å²) in [7, 11) is 1.87. The van der Waals surface area contributed by atoms with Crippen LogP contribution in [0.5, 0.6) is 0 Å². The van der Waals surface area contributed by atoms with Gasteiger partial charge in [-0.1, -0.05) is 6.92 Å². The minimum absolute atomic E-state index is 0.869. The fraction of sp³-hybridized carbons (Fsp3) is 0.333. The maximum atomic E-state index is 4.36. The largest absolute Gasteiger partial charge is 0.373 e. The Bertz CT molecular complexity index is 462. The molecule has 4 nitrogen and oxygen atoms in total. The molecule has 2 heterocycles. The van der Waals surface area contributed by atoms with Crippen LogP contribution in [0, 0.1) is 0 Å². The molecule has 0 atom stereocenters. The Morgan fingerprint density at radius 3 is 2.94 bits per heavy atom. The molecule has 0 spiro atoms. The van der Waals surface area contributed by atoms with E-state index in [1.165, 1.54) is 0 Å². The standard InChI is InChI=1S/C12H16N4/c1-3-4-12-15-7-8-16(12)10-5-6-14-11(9-10)13-2/h5-9H,3-4H2,1-2H3,(H,13,14). The van der Waals surface area contributed by atoms with Crippen LogP contribution in [0.2, 0.25) is 0 Å². The fourth-order valence-corrected chi connectivity index (χ4v) is 1.68. The highest BCUT2D eigenvalue weighted by Gasteiger charge is 2.04. The Labute approximate surface area is 95.4 Å². The molecule has 0 bridgehead atoms. The first-order chi connectivity index (χ1) is 7.85. The van der Waals surface area contributed by atoms with E-state index in [1.54, 1.807) is 6.20 Å². The van der Waals surface area contributed by atoms with E-state index in [0.717, 1.165) is 30.2 Å². The Hall–Kier alpha value is -1.84. The van der Waals surface area contributed by atoms with Crippen molar-refractivity contribution in [1.82, 2.24) is 14.5 Å². The molecule has 0 unspecified atom stereocenters. The molecule has 0 aromatic carbocycles. The van der Waals surface area contributed by atoms with Crippen LogP contribution in [0.4, 0.5) is 5.82 Å². The zero-order chi connectivity index (χ0) is 11.4. The van der Waals surface area contributed by atoms with Gasteiger partial charge in [-0.05, 0) is 12.5 Å². The fourth-order valence-electron chi connectivity index (χ4n) is 1.68. The van der Waals surface area contributed by atoms with Crippen LogP contribution < -0.4 is 5.32 Å². The van der Waals surface area contributed by atoms with Gasteiger partial charge in [0.05, 0.1) is 5.69 Å².